The van der Waals surface area contributed by atoms with Gasteiger partial charge in [-0.1, -0.05) is 30.3 Å². The summed E-state index contributed by atoms with van der Waals surface area (Å²) in [5, 5.41) is 4.28. The van der Waals surface area contributed by atoms with Crippen molar-refractivity contribution in [2.75, 3.05) is 6.26 Å². The van der Waals surface area contributed by atoms with Crippen molar-refractivity contribution in [2.24, 2.45) is 0 Å². The maximum atomic E-state index is 11.4. The van der Waals surface area contributed by atoms with E-state index in [0.717, 1.165) is 11.8 Å². The Bertz CT molecular complexity index is 730. The first-order valence-electron chi connectivity index (χ1n) is 5.99. The largest absolute Gasteiger partial charge is 0.265 e. The average molecular weight is 358 g/mol. The van der Waals surface area contributed by atoms with Gasteiger partial charge in [0.1, 0.15) is 6.10 Å². The quantitative estimate of drug-likeness (QED) is 0.786. The summed E-state index contributed by atoms with van der Waals surface area (Å²) in [7, 11) is -3.54. The third-order valence-electron chi connectivity index (χ3n) is 3.13. The Kier molecular flexibility index (Phi) is 3.39. The topological polar surface area (TPSA) is 74.1 Å². The van der Waals surface area contributed by atoms with Gasteiger partial charge in [-0.15, -0.1) is 5.10 Å². The molecule has 0 fully saturated rings. The van der Waals surface area contributed by atoms with Crippen LogP contribution >= 0.6 is 15.9 Å². The standard InChI is InChI=1S/C12H12BrN3O3S/c1-20(17,18)19-10-7-9(8-5-3-2-4-6-8)16-11(10)14-12(13)15-16/h2-6,9-10H,7H2,1H3/t9-,10+/m0/s1. The lowest BCUT2D eigenvalue weighted by atomic mass is 10.0. The third kappa shape index (κ3) is 2.63. The lowest BCUT2D eigenvalue weighted by molar-refractivity contribution is 0.209. The van der Waals surface area contributed by atoms with Gasteiger partial charge in [-0.3, -0.25) is 4.18 Å². The molecule has 0 radical (unpaired) electrons. The molecule has 20 heavy (non-hydrogen) atoms. The van der Waals surface area contributed by atoms with Crippen LogP contribution in [-0.4, -0.2) is 29.4 Å². The molecule has 8 heteroatoms. The SMILES string of the molecule is CS(=O)(=O)O[C@@H]1C[C@@H](c2ccccc2)n2nc(Br)nc21. The fraction of sp³-hybridized carbons (Fsp3) is 0.333. The summed E-state index contributed by atoms with van der Waals surface area (Å²) in [6.45, 7) is 0. The van der Waals surface area contributed by atoms with Gasteiger partial charge in [0.2, 0.25) is 4.73 Å². The van der Waals surface area contributed by atoms with E-state index < -0.39 is 16.2 Å². The van der Waals surface area contributed by atoms with E-state index in [-0.39, 0.29) is 6.04 Å². The second-order valence-corrected chi connectivity index (χ2v) is 6.94. The van der Waals surface area contributed by atoms with Gasteiger partial charge >= 0.3 is 0 Å². The van der Waals surface area contributed by atoms with Gasteiger partial charge in [-0.2, -0.15) is 8.42 Å². The number of hydrogen-bond acceptors (Lipinski definition) is 5. The van der Waals surface area contributed by atoms with E-state index in [0.29, 0.717) is 17.0 Å². The number of aromatic nitrogens is 3. The van der Waals surface area contributed by atoms with Crippen molar-refractivity contribution in [1.29, 1.82) is 0 Å². The van der Waals surface area contributed by atoms with E-state index in [1.165, 1.54) is 0 Å². The van der Waals surface area contributed by atoms with Gasteiger partial charge in [0, 0.05) is 6.42 Å². The summed E-state index contributed by atoms with van der Waals surface area (Å²) in [5.74, 6) is 0.524. The van der Waals surface area contributed by atoms with Crippen LogP contribution in [0.4, 0.5) is 0 Å². The van der Waals surface area contributed by atoms with Crippen LogP contribution in [0.5, 0.6) is 0 Å². The number of nitrogens with zero attached hydrogens (tertiary/aromatic N) is 3. The normalized spacial score (nSPS) is 21.9. The van der Waals surface area contributed by atoms with Crippen LogP contribution in [0.25, 0.3) is 0 Å². The van der Waals surface area contributed by atoms with Crippen molar-refractivity contribution in [1.82, 2.24) is 14.8 Å². The molecule has 0 unspecified atom stereocenters. The number of rotatable bonds is 3. The smallest absolute Gasteiger partial charge is 0.259 e. The second-order valence-electron chi connectivity index (χ2n) is 4.63. The number of benzene rings is 1. The molecule has 0 saturated carbocycles. The molecule has 2 aromatic rings. The zero-order valence-corrected chi connectivity index (χ0v) is 13.0. The Morgan fingerprint density at radius 2 is 2.05 bits per heavy atom. The van der Waals surface area contributed by atoms with E-state index >= 15 is 0 Å². The van der Waals surface area contributed by atoms with Crippen LogP contribution in [0.3, 0.4) is 0 Å². The van der Waals surface area contributed by atoms with Crippen molar-refractivity contribution in [3.05, 3.63) is 46.5 Å². The highest BCUT2D eigenvalue weighted by Gasteiger charge is 2.37. The minimum atomic E-state index is -3.54. The van der Waals surface area contributed by atoms with Crippen LogP contribution in [0.1, 0.15) is 30.0 Å². The minimum Gasteiger partial charge on any atom is -0.259 e. The fourth-order valence-corrected chi connectivity index (χ4v) is 3.35. The van der Waals surface area contributed by atoms with Gasteiger partial charge in [-0.25, -0.2) is 9.67 Å². The van der Waals surface area contributed by atoms with E-state index in [1.54, 1.807) is 4.68 Å². The summed E-state index contributed by atoms with van der Waals surface area (Å²) in [6, 6.07) is 9.69. The zero-order valence-electron chi connectivity index (χ0n) is 10.6. The molecule has 0 amide bonds. The highest BCUT2D eigenvalue weighted by atomic mass is 79.9. The second kappa shape index (κ2) is 4.94. The number of hydrogen-bond donors (Lipinski definition) is 0. The molecule has 0 bridgehead atoms. The Labute approximate surface area is 125 Å². The summed E-state index contributed by atoms with van der Waals surface area (Å²) < 4.78 is 30.0. The predicted molar refractivity (Wildman–Crippen MR) is 75.6 cm³/mol. The molecular weight excluding hydrogens is 346 g/mol. The first-order chi connectivity index (χ1) is 9.44. The summed E-state index contributed by atoms with van der Waals surface area (Å²) >= 11 is 3.22. The number of fused-ring (bicyclic) bond motifs is 1. The summed E-state index contributed by atoms with van der Waals surface area (Å²) in [4.78, 5) is 4.21. The highest BCUT2D eigenvalue weighted by Crippen LogP contribution is 2.40. The maximum absolute atomic E-state index is 11.4. The van der Waals surface area contributed by atoms with Crippen molar-refractivity contribution >= 4 is 26.0 Å². The molecular formula is C12H12BrN3O3S. The monoisotopic (exact) mass is 357 g/mol. The molecule has 106 valence electrons. The third-order valence-corrected chi connectivity index (χ3v) is 4.05. The molecule has 1 aliphatic heterocycles. The lowest BCUT2D eigenvalue weighted by Crippen LogP contribution is -2.09. The van der Waals surface area contributed by atoms with E-state index in [9.17, 15) is 8.42 Å². The van der Waals surface area contributed by atoms with Gasteiger partial charge in [0.15, 0.2) is 5.82 Å². The molecule has 1 aromatic carbocycles. The molecule has 2 heterocycles. The molecule has 1 aromatic heterocycles. The molecule has 6 nitrogen and oxygen atoms in total. The Balaban J connectivity index is 2.00. The molecule has 0 saturated heterocycles. The van der Waals surface area contributed by atoms with Crippen LogP contribution in [0.15, 0.2) is 35.1 Å². The van der Waals surface area contributed by atoms with Gasteiger partial charge < -0.3 is 0 Å². The molecule has 3 rings (SSSR count). The Hall–Kier alpha value is -1.25. The highest BCUT2D eigenvalue weighted by molar-refractivity contribution is 9.10. The van der Waals surface area contributed by atoms with Crippen LogP contribution in [-0.2, 0) is 14.3 Å². The summed E-state index contributed by atoms with van der Waals surface area (Å²) in [6.07, 6.45) is 0.937. The molecule has 2 atom stereocenters. The van der Waals surface area contributed by atoms with E-state index in [4.69, 9.17) is 4.18 Å². The van der Waals surface area contributed by atoms with Gasteiger partial charge in [0.25, 0.3) is 10.1 Å². The summed E-state index contributed by atoms with van der Waals surface area (Å²) in [5.41, 5.74) is 1.05. The zero-order chi connectivity index (χ0) is 14.3. The van der Waals surface area contributed by atoms with Gasteiger partial charge in [0.05, 0.1) is 12.3 Å². The van der Waals surface area contributed by atoms with E-state index in [2.05, 4.69) is 26.0 Å². The van der Waals surface area contributed by atoms with Crippen molar-refractivity contribution in [3.8, 4) is 0 Å². The fourth-order valence-electron chi connectivity index (χ4n) is 2.41. The van der Waals surface area contributed by atoms with Gasteiger partial charge in [-0.05, 0) is 21.5 Å². The predicted octanol–water partition coefficient (Wildman–Crippen LogP) is 2.05. The Morgan fingerprint density at radius 3 is 2.70 bits per heavy atom. The molecule has 0 N–H and O–H groups in total. The first-order valence-corrected chi connectivity index (χ1v) is 8.60. The van der Waals surface area contributed by atoms with Crippen molar-refractivity contribution in [2.45, 2.75) is 18.6 Å². The van der Waals surface area contributed by atoms with Crippen LogP contribution in [0.2, 0.25) is 0 Å². The molecule has 0 spiro atoms. The van der Waals surface area contributed by atoms with Crippen LogP contribution in [0, 0.1) is 0 Å². The first kappa shape index (κ1) is 13.7. The molecule has 0 aliphatic carbocycles. The Morgan fingerprint density at radius 1 is 1.35 bits per heavy atom. The van der Waals surface area contributed by atoms with E-state index in [1.807, 2.05) is 30.3 Å². The van der Waals surface area contributed by atoms with Crippen molar-refractivity contribution in [3.63, 3.8) is 0 Å². The van der Waals surface area contributed by atoms with Crippen LogP contribution < -0.4 is 0 Å². The van der Waals surface area contributed by atoms with Crippen molar-refractivity contribution < 1.29 is 12.6 Å². The minimum absolute atomic E-state index is 0.0725. The number of halogens is 1. The average Bonchev–Trinajstić information content (AvgIpc) is 2.88. The maximum Gasteiger partial charge on any atom is 0.265 e. The lowest BCUT2D eigenvalue weighted by Gasteiger charge is -2.12. The molecule has 1 aliphatic rings.